The fourth-order valence-corrected chi connectivity index (χ4v) is 8.90. The Bertz CT molecular complexity index is 2810. The third kappa shape index (κ3) is 3.72. The van der Waals surface area contributed by atoms with Crippen molar-refractivity contribution in [2.24, 2.45) is 0 Å². The van der Waals surface area contributed by atoms with Crippen molar-refractivity contribution in [2.45, 2.75) is 5.41 Å². The van der Waals surface area contributed by atoms with Crippen LogP contribution in [0.1, 0.15) is 22.3 Å². The minimum Gasteiger partial charge on any atom is -0.457 e. The topological polar surface area (TPSA) is 9.23 Å². The lowest BCUT2D eigenvalue weighted by molar-refractivity contribution is 0.436. The van der Waals surface area contributed by atoms with Crippen LogP contribution in [0, 0.1) is 0 Å². The Morgan fingerprint density at radius 2 is 0.840 bits per heavy atom. The molecule has 0 atom stereocenters. The van der Waals surface area contributed by atoms with E-state index in [9.17, 15) is 0 Å². The molecule has 1 spiro atoms. The van der Waals surface area contributed by atoms with Gasteiger partial charge < -0.3 is 4.74 Å². The maximum atomic E-state index is 6.71. The smallest absolute Gasteiger partial charge is 0.132 e. The van der Waals surface area contributed by atoms with Crippen LogP contribution in [0.2, 0.25) is 0 Å². The molecule has 0 amide bonds. The zero-order valence-electron chi connectivity index (χ0n) is 27.2. The van der Waals surface area contributed by atoms with Crippen LogP contribution in [0.4, 0.5) is 0 Å². The number of fused-ring (bicyclic) bond motifs is 13. The van der Waals surface area contributed by atoms with Gasteiger partial charge in [0.05, 0.1) is 5.41 Å². The van der Waals surface area contributed by atoms with Crippen LogP contribution in [0.3, 0.4) is 0 Å². The van der Waals surface area contributed by atoms with E-state index < -0.39 is 5.41 Å². The SMILES string of the molecule is c1ccc2c(c1)Oc1ccccc1C21c2cc(-c3ccc4ccccc4c3)ccc2-c2c1cc(-c1ccc3ccccc3c1)c1ccccc21. The minimum atomic E-state index is -0.585. The molecule has 0 saturated heterocycles. The third-order valence-electron chi connectivity index (χ3n) is 11.1. The highest BCUT2D eigenvalue weighted by Gasteiger charge is 2.52. The predicted octanol–water partition coefficient (Wildman–Crippen LogP) is 12.9. The first-order chi connectivity index (χ1) is 24.8. The fraction of sp³-hybridized carbons (Fsp3) is 0.0204. The summed E-state index contributed by atoms with van der Waals surface area (Å²) in [7, 11) is 0. The second-order valence-corrected chi connectivity index (χ2v) is 13.6. The van der Waals surface area contributed by atoms with E-state index in [0.29, 0.717) is 0 Å². The normalized spacial score (nSPS) is 13.5. The molecule has 1 aliphatic carbocycles. The van der Waals surface area contributed by atoms with Crippen LogP contribution in [0.15, 0.2) is 182 Å². The van der Waals surface area contributed by atoms with E-state index in [1.807, 2.05) is 0 Å². The van der Waals surface area contributed by atoms with Crippen LogP contribution in [0.5, 0.6) is 11.5 Å². The van der Waals surface area contributed by atoms with Crippen LogP contribution >= 0.6 is 0 Å². The summed E-state index contributed by atoms with van der Waals surface area (Å²) in [5.74, 6) is 1.81. The Balaban J connectivity index is 1.28. The highest BCUT2D eigenvalue weighted by molar-refractivity contribution is 6.11. The second kappa shape index (κ2) is 10.3. The number of hydrogen-bond donors (Lipinski definition) is 0. The van der Waals surface area contributed by atoms with E-state index in [4.69, 9.17) is 4.74 Å². The van der Waals surface area contributed by atoms with Crippen LogP contribution in [-0.4, -0.2) is 0 Å². The van der Waals surface area contributed by atoms with Gasteiger partial charge in [0.1, 0.15) is 11.5 Å². The molecular weight excluding hydrogens is 605 g/mol. The highest BCUT2D eigenvalue weighted by atomic mass is 16.5. The number of para-hydroxylation sites is 2. The quantitative estimate of drug-likeness (QED) is 0.184. The molecule has 1 nitrogen and oxygen atoms in total. The first kappa shape index (κ1) is 27.5. The summed E-state index contributed by atoms with van der Waals surface area (Å²) in [6.07, 6.45) is 0. The second-order valence-electron chi connectivity index (χ2n) is 13.6. The Morgan fingerprint density at radius 3 is 1.54 bits per heavy atom. The zero-order chi connectivity index (χ0) is 32.8. The summed E-state index contributed by atoms with van der Waals surface area (Å²) in [6, 6.07) is 66.9. The summed E-state index contributed by atoms with van der Waals surface area (Å²) in [4.78, 5) is 0. The fourth-order valence-electron chi connectivity index (χ4n) is 8.90. The molecule has 0 radical (unpaired) electrons. The Labute approximate surface area is 290 Å². The Hall–Kier alpha value is -6.44. The Kier molecular flexibility index (Phi) is 5.66. The molecule has 50 heavy (non-hydrogen) atoms. The van der Waals surface area contributed by atoms with E-state index in [-0.39, 0.29) is 0 Å². The van der Waals surface area contributed by atoms with Gasteiger partial charge in [-0.1, -0.05) is 146 Å². The van der Waals surface area contributed by atoms with E-state index >= 15 is 0 Å². The standard InChI is InChI=1S/C49H30O/c1-3-13-33-27-35(23-21-31(33)11-1)36-25-26-40-44(29-36)49(42-17-7-9-19-46(42)50-47-20-10-8-18-43(47)49)45-30-41(38-15-5-6-16-39(38)48(40)45)37-24-22-32-12-2-4-14-34(32)28-37/h1-30H. The molecule has 1 aliphatic heterocycles. The first-order valence-corrected chi connectivity index (χ1v) is 17.3. The van der Waals surface area contributed by atoms with E-state index in [1.54, 1.807) is 0 Å². The molecule has 0 saturated carbocycles. The molecular formula is C49H30O. The van der Waals surface area contributed by atoms with Crippen LogP contribution < -0.4 is 4.74 Å². The summed E-state index contributed by atoms with van der Waals surface area (Å²) >= 11 is 0. The summed E-state index contributed by atoms with van der Waals surface area (Å²) in [5, 5.41) is 7.52. The average Bonchev–Trinajstić information content (AvgIpc) is 3.47. The molecule has 1 heteroatoms. The van der Waals surface area contributed by atoms with Gasteiger partial charge in [-0.3, -0.25) is 0 Å². The molecule has 0 bridgehead atoms. The zero-order valence-corrected chi connectivity index (χ0v) is 27.2. The number of benzene rings is 9. The Morgan fingerprint density at radius 1 is 0.320 bits per heavy atom. The van der Waals surface area contributed by atoms with Gasteiger partial charge in [-0.2, -0.15) is 0 Å². The lowest BCUT2D eigenvalue weighted by atomic mass is 9.65. The van der Waals surface area contributed by atoms with Gasteiger partial charge in [0.25, 0.3) is 0 Å². The molecule has 0 unspecified atom stereocenters. The molecule has 232 valence electrons. The lowest BCUT2D eigenvalue weighted by Gasteiger charge is -2.39. The van der Waals surface area contributed by atoms with Crippen molar-refractivity contribution in [3.05, 3.63) is 204 Å². The first-order valence-electron chi connectivity index (χ1n) is 17.3. The van der Waals surface area contributed by atoms with Gasteiger partial charge in [-0.25, -0.2) is 0 Å². The molecule has 9 aromatic rings. The predicted molar refractivity (Wildman–Crippen MR) is 207 cm³/mol. The minimum absolute atomic E-state index is 0.585. The van der Waals surface area contributed by atoms with Gasteiger partial charge in [-0.15, -0.1) is 0 Å². The van der Waals surface area contributed by atoms with Crippen molar-refractivity contribution in [1.82, 2.24) is 0 Å². The van der Waals surface area contributed by atoms with Gasteiger partial charge in [-0.05, 0) is 113 Å². The molecule has 0 N–H and O–H groups in total. The molecule has 11 rings (SSSR count). The van der Waals surface area contributed by atoms with Crippen LogP contribution in [0.25, 0.3) is 65.7 Å². The van der Waals surface area contributed by atoms with Gasteiger partial charge in [0, 0.05) is 11.1 Å². The molecule has 9 aromatic carbocycles. The molecule has 2 aliphatic rings. The summed E-state index contributed by atoms with van der Waals surface area (Å²) in [6.45, 7) is 0. The lowest BCUT2D eigenvalue weighted by Crippen LogP contribution is -2.32. The summed E-state index contributed by atoms with van der Waals surface area (Å²) in [5.41, 5.74) is 11.8. The van der Waals surface area contributed by atoms with Crippen molar-refractivity contribution < 1.29 is 4.74 Å². The van der Waals surface area contributed by atoms with Crippen molar-refractivity contribution in [3.8, 4) is 44.9 Å². The maximum absolute atomic E-state index is 6.71. The van der Waals surface area contributed by atoms with Crippen molar-refractivity contribution in [2.75, 3.05) is 0 Å². The van der Waals surface area contributed by atoms with E-state index in [1.165, 1.54) is 88.0 Å². The van der Waals surface area contributed by atoms with Crippen molar-refractivity contribution in [1.29, 1.82) is 0 Å². The van der Waals surface area contributed by atoms with Crippen molar-refractivity contribution >= 4 is 32.3 Å². The average molecular weight is 635 g/mol. The molecule has 0 fully saturated rings. The number of rotatable bonds is 2. The monoisotopic (exact) mass is 634 g/mol. The summed E-state index contributed by atoms with van der Waals surface area (Å²) < 4.78 is 6.71. The molecule has 1 heterocycles. The van der Waals surface area contributed by atoms with Gasteiger partial charge >= 0.3 is 0 Å². The number of hydrogen-bond acceptors (Lipinski definition) is 1. The number of ether oxygens (including phenoxy) is 1. The van der Waals surface area contributed by atoms with E-state index in [0.717, 1.165) is 11.5 Å². The van der Waals surface area contributed by atoms with Crippen molar-refractivity contribution in [3.63, 3.8) is 0 Å². The van der Waals surface area contributed by atoms with Gasteiger partial charge in [0.2, 0.25) is 0 Å². The maximum Gasteiger partial charge on any atom is 0.132 e. The third-order valence-corrected chi connectivity index (χ3v) is 11.1. The highest BCUT2D eigenvalue weighted by Crippen LogP contribution is 2.64. The molecule has 0 aromatic heterocycles. The largest absolute Gasteiger partial charge is 0.457 e. The van der Waals surface area contributed by atoms with E-state index in [2.05, 4.69) is 182 Å². The van der Waals surface area contributed by atoms with Crippen LogP contribution in [-0.2, 0) is 5.41 Å². The van der Waals surface area contributed by atoms with Gasteiger partial charge in [0.15, 0.2) is 0 Å².